The van der Waals surface area contributed by atoms with Crippen molar-refractivity contribution in [3.8, 4) is 0 Å². The summed E-state index contributed by atoms with van der Waals surface area (Å²) >= 11 is 0. The van der Waals surface area contributed by atoms with Gasteiger partial charge in [-0.05, 0) is 33.4 Å². The van der Waals surface area contributed by atoms with Gasteiger partial charge in [-0.3, -0.25) is 0 Å². The van der Waals surface area contributed by atoms with Crippen LogP contribution < -0.4 is 0 Å². The Morgan fingerprint density at radius 1 is 1.44 bits per heavy atom. The van der Waals surface area contributed by atoms with Crippen molar-refractivity contribution in [2.75, 3.05) is 20.6 Å². The lowest BCUT2D eigenvalue weighted by Crippen LogP contribution is -2.19. The highest BCUT2D eigenvalue weighted by Crippen LogP contribution is 2.38. The van der Waals surface area contributed by atoms with E-state index in [4.69, 9.17) is 0 Å². The van der Waals surface area contributed by atoms with Crippen molar-refractivity contribution in [1.29, 1.82) is 0 Å². The maximum Gasteiger partial charge on any atom is 0.0662 e. The summed E-state index contributed by atoms with van der Waals surface area (Å²) in [6, 6.07) is 0. The molecule has 0 bridgehead atoms. The van der Waals surface area contributed by atoms with E-state index in [0.717, 1.165) is 25.8 Å². The van der Waals surface area contributed by atoms with Crippen LogP contribution in [0.5, 0.6) is 0 Å². The minimum Gasteiger partial charge on any atom is -0.390 e. The normalized spacial score (nSPS) is 22.7. The zero-order valence-corrected chi connectivity index (χ0v) is 6.22. The molecule has 2 heteroatoms. The average molecular weight is 129 g/mol. The van der Waals surface area contributed by atoms with Crippen LogP contribution in [0.1, 0.15) is 19.3 Å². The van der Waals surface area contributed by atoms with Gasteiger partial charge < -0.3 is 10.0 Å². The molecule has 0 aromatic heterocycles. The van der Waals surface area contributed by atoms with Crippen molar-refractivity contribution in [3.63, 3.8) is 0 Å². The summed E-state index contributed by atoms with van der Waals surface area (Å²) in [6.07, 6.45) is 2.97. The highest BCUT2D eigenvalue weighted by molar-refractivity contribution is 4.93. The van der Waals surface area contributed by atoms with E-state index in [9.17, 15) is 5.11 Å². The van der Waals surface area contributed by atoms with E-state index >= 15 is 0 Å². The Morgan fingerprint density at radius 3 is 2.33 bits per heavy atom. The van der Waals surface area contributed by atoms with Crippen LogP contribution in [0.4, 0.5) is 0 Å². The van der Waals surface area contributed by atoms with Gasteiger partial charge in [0.25, 0.3) is 0 Å². The smallest absolute Gasteiger partial charge is 0.0662 e. The van der Waals surface area contributed by atoms with Gasteiger partial charge >= 0.3 is 0 Å². The molecule has 2 nitrogen and oxygen atoms in total. The molecule has 0 unspecified atom stereocenters. The first-order chi connectivity index (χ1) is 4.12. The third-order valence-electron chi connectivity index (χ3n) is 1.85. The molecule has 0 aliphatic heterocycles. The zero-order chi connectivity index (χ0) is 6.91. The number of hydrogen-bond donors (Lipinski definition) is 1. The highest BCUT2D eigenvalue weighted by atomic mass is 16.3. The molecule has 1 aliphatic carbocycles. The van der Waals surface area contributed by atoms with E-state index in [1.807, 2.05) is 14.1 Å². The van der Waals surface area contributed by atoms with E-state index in [-0.39, 0.29) is 5.60 Å². The van der Waals surface area contributed by atoms with Gasteiger partial charge in [0.2, 0.25) is 0 Å². The molecule has 0 amide bonds. The standard InChI is InChI=1S/C7H15NO/c1-8(2)6-5-7(9)3-4-7/h9H,3-6H2,1-2H3. The molecule has 1 fully saturated rings. The second kappa shape index (κ2) is 2.27. The van der Waals surface area contributed by atoms with Crippen molar-refractivity contribution in [2.24, 2.45) is 0 Å². The second-order valence-electron chi connectivity index (χ2n) is 3.28. The van der Waals surface area contributed by atoms with Gasteiger partial charge in [-0.15, -0.1) is 0 Å². The lowest BCUT2D eigenvalue weighted by Gasteiger charge is -2.11. The quantitative estimate of drug-likeness (QED) is 0.598. The predicted octanol–water partition coefficient (Wildman–Crippen LogP) is 0.463. The first kappa shape index (κ1) is 7.03. The summed E-state index contributed by atoms with van der Waals surface area (Å²) < 4.78 is 0. The van der Waals surface area contributed by atoms with Crippen LogP contribution >= 0.6 is 0 Å². The van der Waals surface area contributed by atoms with Crippen molar-refractivity contribution < 1.29 is 5.11 Å². The molecule has 9 heavy (non-hydrogen) atoms. The van der Waals surface area contributed by atoms with Crippen molar-refractivity contribution in [1.82, 2.24) is 4.90 Å². The van der Waals surface area contributed by atoms with Gasteiger partial charge in [0.15, 0.2) is 0 Å². The molecule has 0 spiro atoms. The first-order valence-corrected chi connectivity index (χ1v) is 3.49. The topological polar surface area (TPSA) is 23.5 Å². The summed E-state index contributed by atoms with van der Waals surface area (Å²) in [4.78, 5) is 2.11. The minimum atomic E-state index is -0.260. The lowest BCUT2D eigenvalue weighted by molar-refractivity contribution is 0.128. The zero-order valence-electron chi connectivity index (χ0n) is 6.22. The van der Waals surface area contributed by atoms with Gasteiger partial charge in [0.1, 0.15) is 0 Å². The molecular formula is C7H15NO. The molecule has 0 heterocycles. The third kappa shape index (κ3) is 2.33. The summed E-state index contributed by atoms with van der Waals surface area (Å²) in [7, 11) is 4.07. The van der Waals surface area contributed by atoms with Gasteiger partial charge in [0, 0.05) is 6.54 Å². The fourth-order valence-corrected chi connectivity index (χ4v) is 0.826. The molecule has 0 aromatic rings. The predicted molar refractivity (Wildman–Crippen MR) is 37.4 cm³/mol. The maximum absolute atomic E-state index is 9.35. The van der Waals surface area contributed by atoms with Crippen LogP contribution in [0.15, 0.2) is 0 Å². The molecule has 1 aliphatic rings. The fraction of sp³-hybridized carbons (Fsp3) is 1.00. The third-order valence-corrected chi connectivity index (χ3v) is 1.85. The largest absolute Gasteiger partial charge is 0.390 e. The highest BCUT2D eigenvalue weighted by Gasteiger charge is 2.39. The van der Waals surface area contributed by atoms with Gasteiger partial charge in [-0.25, -0.2) is 0 Å². The second-order valence-corrected chi connectivity index (χ2v) is 3.28. The van der Waals surface area contributed by atoms with Gasteiger partial charge in [-0.1, -0.05) is 0 Å². The van der Waals surface area contributed by atoms with Crippen LogP contribution in [0.2, 0.25) is 0 Å². The van der Waals surface area contributed by atoms with E-state index in [0.29, 0.717) is 0 Å². The summed E-state index contributed by atoms with van der Waals surface area (Å²) in [5, 5.41) is 9.35. The number of hydrogen-bond acceptors (Lipinski definition) is 2. The first-order valence-electron chi connectivity index (χ1n) is 3.49. The Morgan fingerprint density at radius 2 is 2.00 bits per heavy atom. The number of nitrogens with zero attached hydrogens (tertiary/aromatic N) is 1. The van der Waals surface area contributed by atoms with Crippen molar-refractivity contribution in [2.45, 2.75) is 24.9 Å². The van der Waals surface area contributed by atoms with Crippen LogP contribution in [0.25, 0.3) is 0 Å². The van der Waals surface area contributed by atoms with Crippen molar-refractivity contribution in [3.05, 3.63) is 0 Å². The van der Waals surface area contributed by atoms with Crippen LogP contribution in [0, 0.1) is 0 Å². The van der Waals surface area contributed by atoms with Crippen molar-refractivity contribution >= 4 is 0 Å². The summed E-state index contributed by atoms with van der Waals surface area (Å²) in [6.45, 7) is 1.01. The maximum atomic E-state index is 9.35. The van der Waals surface area contributed by atoms with Gasteiger partial charge in [-0.2, -0.15) is 0 Å². The van der Waals surface area contributed by atoms with E-state index in [1.54, 1.807) is 0 Å². The molecule has 0 atom stereocenters. The van der Waals surface area contributed by atoms with Crippen LogP contribution in [0.3, 0.4) is 0 Å². The fourth-order valence-electron chi connectivity index (χ4n) is 0.826. The molecule has 1 N–H and O–H groups in total. The van der Waals surface area contributed by atoms with Gasteiger partial charge in [0.05, 0.1) is 5.60 Å². The van der Waals surface area contributed by atoms with Crippen LogP contribution in [-0.4, -0.2) is 36.2 Å². The number of rotatable bonds is 3. The molecular weight excluding hydrogens is 114 g/mol. The SMILES string of the molecule is CN(C)CCC1(O)CC1. The summed E-state index contributed by atoms with van der Waals surface area (Å²) in [5.74, 6) is 0. The molecule has 0 aromatic carbocycles. The lowest BCUT2D eigenvalue weighted by atomic mass is 10.2. The van der Waals surface area contributed by atoms with E-state index < -0.39 is 0 Å². The Hall–Kier alpha value is -0.0800. The number of aliphatic hydroxyl groups is 1. The van der Waals surface area contributed by atoms with E-state index in [1.165, 1.54) is 0 Å². The Labute approximate surface area is 56.5 Å². The molecule has 54 valence electrons. The monoisotopic (exact) mass is 129 g/mol. The Bertz CT molecular complexity index is 97.1. The minimum absolute atomic E-state index is 0.260. The molecule has 0 radical (unpaired) electrons. The molecule has 1 rings (SSSR count). The van der Waals surface area contributed by atoms with E-state index in [2.05, 4.69) is 4.90 Å². The average Bonchev–Trinajstić information content (AvgIpc) is 2.45. The summed E-state index contributed by atoms with van der Waals surface area (Å²) in [5.41, 5.74) is -0.260. The van der Waals surface area contributed by atoms with Crippen LogP contribution in [-0.2, 0) is 0 Å². The Balaban J connectivity index is 2.05. The Kier molecular flexibility index (Phi) is 1.78. The molecule has 1 saturated carbocycles. The molecule has 0 saturated heterocycles.